The van der Waals surface area contributed by atoms with Crippen LogP contribution in [0.15, 0.2) is 12.1 Å². The maximum Gasteiger partial charge on any atom is 0.194 e. The van der Waals surface area contributed by atoms with Crippen LogP contribution in [0.4, 0.5) is 13.2 Å². The van der Waals surface area contributed by atoms with Gasteiger partial charge in [0.1, 0.15) is 0 Å². The number of rotatable bonds is 8. The normalized spacial score (nSPS) is 28.4. The highest BCUT2D eigenvalue weighted by molar-refractivity contribution is 5.23. The summed E-state index contributed by atoms with van der Waals surface area (Å²) in [6, 6.07) is 2.39. The molecule has 3 rings (SSSR count). The molecule has 0 saturated heterocycles. The Kier molecular flexibility index (Phi) is 8.29. The van der Waals surface area contributed by atoms with E-state index in [1.807, 2.05) is 0 Å². The zero-order valence-electron chi connectivity index (χ0n) is 17.5. The van der Waals surface area contributed by atoms with Crippen LogP contribution in [0.1, 0.15) is 108 Å². The average Bonchev–Trinajstić information content (AvgIpc) is 2.71. The first-order valence-electron chi connectivity index (χ1n) is 11.7. The molecular formula is C25H37F3. The van der Waals surface area contributed by atoms with Crippen molar-refractivity contribution >= 4 is 0 Å². The van der Waals surface area contributed by atoms with E-state index in [4.69, 9.17) is 0 Å². The van der Waals surface area contributed by atoms with Crippen LogP contribution in [-0.4, -0.2) is 0 Å². The molecule has 0 bridgehead atoms. The Morgan fingerprint density at radius 2 is 1.11 bits per heavy atom. The SMILES string of the molecule is CCCC1CCC(CCCCC2CCC(c3cc(F)c(F)c(F)c3)CC2)CC1. The van der Waals surface area contributed by atoms with Crippen molar-refractivity contribution < 1.29 is 13.2 Å². The predicted octanol–water partition coefficient (Wildman–Crippen LogP) is 8.54. The summed E-state index contributed by atoms with van der Waals surface area (Å²) in [7, 11) is 0. The molecular weight excluding hydrogens is 357 g/mol. The molecule has 2 fully saturated rings. The summed E-state index contributed by atoms with van der Waals surface area (Å²) in [5.74, 6) is -0.560. The molecule has 0 radical (unpaired) electrons. The van der Waals surface area contributed by atoms with E-state index in [1.165, 1.54) is 76.3 Å². The van der Waals surface area contributed by atoms with Crippen LogP contribution in [0.25, 0.3) is 0 Å². The lowest BCUT2D eigenvalue weighted by Crippen LogP contribution is -2.15. The minimum Gasteiger partial charge on any atom is -0.204 e. The summed E-state index contributed by atoms with van der Waals surface area (Å²) in [5.41, 5.74) is 0.633. The van der Waals surface area contributed by atoms with Crippen molar-refractivity contribution in [1.82, 2.24) is 0 Å². The van der Waals surface area contributed by atoms with Crippen LogP contribution in [0.2, 0.25) is 0 Å². The van der Waals surface area contributed by atoms with Gasteiger partial charge in [-0.05, 0) is 67.1 Å². The van der Waals surface area contributed by atoms with Gasteiger partial charge < -0.3 is 0 Å². The third-order valence-electron chi connectivity index (χ3n) is 7.46. The van der Waals surface area contributed by atoms with Crippen molar-refractivity contribution in [2.45, 2.75) is 103 Å². The fourth-order valence-electron chi connectivity index (χ4n) is 5.68. The number of unbranched alkanes of at least 4 members (excludes halogenated alkanes) is 1. The first-order chi connectivity index (χ1) is 13.6. The van der Waals surface area contributed by atoms with Gasteiger partial charge in [-0.2, -0.15) is 0 Å². The van der Waals surface area contributed by atoms with Crippen molar-refractivity contribution in [2.75, 3.05) is 0 Å². The average molecular weight is 395 g/mol. The largest absolute Gasteiger partial charge is 0.204 e. The van der Waals surface area contributed by atoms with Crippen LogP contribution >= 0.6 is 0 Å². The molecule has 0 spiro atoms. The topological polar surface area (TPSA) is 0 Å². The quantitative estimate of drug-likeness (QED) is 0.306. The zero-order valence-corrected chi connectivity index (χ0v) is 17.5. The molecule has 28 heavy (non-hydrogen) atoms. The third-order valence-corrected chi connectivity index (χ3v) is 7.46. The van der Waals surface area contributed by atoms with Crippen molar-refractivity contribution in [3.05, 3.63) is 35.1 Å². The molecule has 2 aliphatic carbocycles. The summed E-state index contributed by atoms with van der Waals surface area (Å²) >= 11 is 0. The monoisotopic (exact) mass is 394 g/mol. The van der Waals surface area contributed by atoms with Crippen molar-refractivity contribution in [3.8, 4) is 0 Å². The molecule has 2 saturated carbocycles. The molecule has 0 amide bonds. The van der Waals surface area contributed by atoms with Crippen molar-refractivity contribution in [1.29, 1.82) is 0 Å². The molecule has 0 aliphatic heterocycles. The second-order valence-corrected chi connectivity index (χ2v) is 9.48. The Morgan fingerprint density at radius 3 is 1.57 bits per heavy atom. The van der Waals surface area contributed by atoms with Crippen LogP contribution < -0.4 is 0 Å². The van der Waals surface area contributed by atoms with Gasteiger partial charge in [-0.25, -0.2) is 13.2 Å². The fraction of sp³-hybridized carbons (Fsp3) is 0.760. The Morgan fingerprint density at radius 1 is 0.679 bits per heavy atom. The van der Waals surface area contributed by atoms with Crippen molar-refractivity contribution in [3.63, 3.8) is 0 Å². The lowest BCUT2D eigenvalue weighted by Gasteiger charge is -2.30. The first kappa shape index (κ1) is 21.7. The minimum absolute atomic E-state index is 0.180. The molecule has 0 atom stereocenters. The maximum absolute atomic E-state index is 13.5. The fourth-order valence-corrected chi connectivity index (χ4v) is 5.68. The van der Waals surface area contributed by atoms with Crippen LogP contribution in [-0.2, 0) is 0 Å². The Balaban J connectivity index is 1.31. The van der Waals surface area contributed by atoms with E-state index in [0.717, 1.165) is 43.4 Å². The highest BCUT2D eigenvalue weighted by Crippen LogP contribution is 2.39. The van der Waals surface area contributed by atoms with Gasteiger partial charge in [0.2, 0.25) is 0 Å². The Labute approximate surface area is 169 Å². The van der Waals surface area contributed by atoms with Crippen LogP contribution in [0, 0.1) is 35.2 Å². The summed E-state index contributed by atoms with van der Waals surface area (Å²) in [6.07, 6.45) is 18.1. The third kappa shape index (κ3) is 6.00. The molecule has 2 aliphatic rings. The molecule has 1 aromatic rings. The van der Waals surface area contributed by atoms with Gasteiger partial charge in [0.15, 0.2) is 17.5 Å². The summed E-state index contributed by atoms with van der Waals surface area (Å²) < 4.78 is 40.1. The summed E-state index contributed by atoms with van der Waals surface area (Å²) in [6.45, 7) is 2.30. The lowest BCUT2D eigenvalue weighted by molar-refractivity contribution is 0.243. The molecule has 0 aromatic heterocycles. The second-order valence-electron chi connectivity index (χ2n) is 9.48. The molecule has 0 nitrogen and oxygen atoms in total. The molecule has 0 N–H and O–H groups in total. The molecule has 158 valence electrons. The molecule has 0 unspecified atom stereocenters. The number of halogens is 3. The zero-order chi connectivity index (χ0) is 19.9. The standard InChI is InChI=1S/C25H37F3/c1-2-5-18-8-10-19(11-9-18)6-3-4-7-20-12-14-21(15-13-20)22-16-23(26)25(28)24(27)17-22/h16-21H,2-15H2,1H3. The van der Waals surface area contributed by atoms with Crippen LogP contribution in [0.3, 0.4) is 0 Å². The van der Waals surface area contributed by atoms with E-state index in [9.17, 15) is 13.2 Å². The molecule has 0 heterocycles. The predicted molar refractivity (Wildman–Crippen MR) is 110 cm³/mol. The highest BCUT2D eigenvalue weighted by atomic mass is 19.2. The van der Waals surface area contributed by atoms with Gasteiger partial charge in [-0.1, -0.05) is 71.1 Å². The number of hydrogen-bond donors (Lipinski definition) is 0. The lowest BCUT2D eigenvalue weighted by atomic mass is 9.76. The minimum atomic E-state index is -1.35. The van der Waals surface area contributed by atoms with E-state index in [2.05, 4.69) is 6.92 Å². The Hall–Kier alpha value is -0.990. The van der Waals surface area contributed by atoms with Crippen molar-refractivity contribution in [2.24, 2.45) is 17.8 Å². The van der Waals surface area contributed by atoms with E-state index in [-0.39, 0.29) is 5.92 Å². The molecule has 3 heteroatoms. The number of hydrogen-bond acceptors (Lipinski definition) is 0. The highest BCUT2D eigenvalue weighted by Gasteiger charge is 2.25. The van der Waals surface area contributed by atoms with Gasteiger partial charge in [-0.15, -0.1) is 0 Å². The molecule has 1 aromatic carbocycles. The van der Waals surface area contributed by atoms with E-state index in [1.54, 1.807) is 0 Å². The first-order valence-corrected chi connectivity index (χ1v) is 11.7. The summed E-state index contributed by atoms with van der Waals surface area (Å²) in [5, 5.41) is 0. The van der Waals surface area contributed by atoms with Gasteiger partial charge >= 0.3 is 0 Å². The van der Waals surface area contributed by atoms with E-state index >= 15 is 0 Å². The number of benzene rings is 1. The van der Waals surface area contributed by atoms with Gasteiger partial charge in [0, 0.05) is 0 Å². The Bertz CT molecular complexity index is 573. The van der Waals surface area contributed by atoms with Gasteiger partial charge in [0.25, 0.3) is 0 Å². The van der Waals surface area contributed by atoms with Gasteiger partial charge in [-0.3, -0.25) is 0 Å². The smallest absolute Gasteiger partial charge is 0.194 e. The van der Waals surface area contributed by atoms with E-state index < -0.39 is 17.5 Å². The second kappa shape index (κ2) is 10.7. The van der Waals surface area contributed by atoms with E-state index in [0.29, 0.717) is 5.56 Å². The maximum atomic E-state index is 13.5. The summed E-state index contributed by atoms with van der Waals surface area (Å²) in [4.78, 5) is 0. The van der Waals surface area contributed by atoms with Crippen LogP contribution in [0.5, 0.6) is 0 Å². The van der Waals surface area contributed by atoms with Gasteiger partial charge in [0.05, 0.1) is 0 Å².